The van der Waals surface area contributed by atoms with E-state index in [9.17, 15) is 18.5 Å². The molecular weight excluding hydrogens is 374 g/mol. The SMILES string of the molecule is NCCN1CCN(c2ccc(S(=O)(=O)N3CCOCC3)cc2[N+](=O)[O-])CC1. The molecule has 0 bridgehead atoms. The third kappa shape index (κ3) is 4.38. The number of anilines is 1. The molecule has 0 unspecified atom stereocenters. The Morgan fingerprint density at radius 2 is 1.78 bits per heavy atom. The van der Waals surface area contributed by atoms with E-state index in [4.69, 9.17) is 10.5 Å². The molecule has 10 nitrogen and oxygen atoms in total. The maximum atomic E-state index is 12.8. The van der Waals surface area contributed by atoms with Gasteiger partial charge >= 0.3 is 0 Å². The number of nitrogens with zero attached hydrogens (tertiary/aromatic N) is 4. The van der Waals surface area contributed by atoms with Gasteiger partial charge in [-0.25, -0.2) is 8.42 Å². The fourth-order valence-electron chi connectivity index (χ4n) is 3.41. The third-order valence-electron chi connectivity index (χ3n) is 4.91. The van der Waals surface area contributed by atoms with Crippen LogP contribution in [0.25, 0.3) is 0 Å². The van der Waals surface area contributed by atoms with Gasteiger partial charge in [-0.05, 0) is 12.1 Å². The molecule has 2 aliphatic rings. The summed E-state index contributed by atoms with van der Waals surface area (Å²) in [5, 5.41) is 11.6. The summed E-state index contributed by atoms with van der Waals surface area (Å²) in [5.74, 6) is 0. The highest BCUT2D eigenvalue weighted by atomic mass is 32.2. The molecule has 0 amide bonds. The molecule has 2 heterocycles. The molecule has 0 spiro atoms. The van der Waals surface area contributed by atoms with Crippen molar-refractivity contribution in [3.63, 3.8) is 0 Å². The number of piperazine rings is 1. The smallest absolute Gasteiger partial charge is 0.293 e. The van der Waals surface area contributed by atoms with Crippen molar-refractivity contribution in [1.82, 2.24) is 9.21 Å². The van der Waals surface area contributed by atoms with Crippen LogP contribution in [0.4, 0.5) is 11.4 Å². The van der Waals surface area contributed by atoms with E-state index in [2.05, 4.69) is 4.90 Å². The molecule has 1 aromatic carbocycles. The molecule has 2 N–H and O–H groups in total. The van der Waals surface area contributed by atoms with Crippen molar-refractivity contribution in [3.05, 3.63) is 28.3 Å². The van der Waals surface area contributed by atoms with Gasteiger partial charge in [-0.15, -0.1) is 0 Å². The summed E-state index contributed by atoms with van der Waals surface area (Å²) >= 11 is 0. The van der Waals surface area contributed by atoms with Crippen LogP contribution in [-0.4, -0.2) is 88.1 Å². The number of hydrogen-bond acceptors (Lipinski definition) is 8. The van der Waals surface area contributed by atoms with Crippen LogP contribution in [0.2, 0.25) is 0 Å². The second-order valence-corrected chi connectivity index (χ2v) is 8.48. The predicted molar refractivity (Wildman–Crippen MR) is 100 cm³/mol. The van der Waals surface area contributed by atoms with Gasteiger partial charge in [-0.3, -0.25) is 15.0 Å². The van der Waals surface area contributed by atoms with Crippen LogP contribution in [0.5, 0.6) is 0 Å². The van der Waals surface area contributed by atoms with Gasteiger partial charge in [0.1, 0.15) is 5.69 Å². The molecule has 2 fully saturated rings. The largest absolute Gasteiger partial charge is 0.379 e. The number of benzene rings is 1. The summed E-state index contributed by atoms with van der Waals surface area (Å²) in [4.78, 5) is 15.2. The summed E-state index contributed by atoms with van der Waals surface area (Å²) in [6, 6.07) is 4.18. The molecule has 3 rings (SSSR count). The van der Waals surface area contributed by atoms with Gasteiger partial charge in [0.15, 0.2) is 0 Å². The van der Waals surface area contributed by atoms with Gasteiger partial charge in [0.05, 0.1) is 23.0 Å². The number of nitro groups is 1. The van der Waals surface area contributed by atoms with Crippen molar-refractivity contribution in [2.45, 2.75) is 4.90 Å². The van der Waals surface area contributed by atoms with E-state index in [0.717, 1.165) is 19.6 Å². The maximum absolute atomic E-state index is 12.8. The number of nitro benzene ring substituents is 1. The number of morpholine rings is 1. The Labute approximate surface area is 158 Å². The summed E-state index contributed by atoms with van der Waals surface area (Å²) in [6.07, 6.45) is 0. The van der Waals surface area contributed by atoms with Crippen LogP contribution in [0, 0.1) is 10.1 Å². The standard InChI is InChI=1S/C16H25N5O5S/c17-3-4-18-5-7-19(8-6-18)15-2-1-14(13-16(15)21(22)23)27(24,25)20-9-11-26-12-10-20/h1-2,13H,3-12,17H2. The van der Waals surface area contributed by atoms with Gasteiger partial charge in [0.25, 0.3) is 5.69 Å². The van der Waals surface area contributed by atoms with Crippen molar-refractivity contribution < 1.29 is 18.1 Å². The lowest BCUT2D eigenvalue weighted by molar-refractivity contribution is -0.384. The topological polar surface area (TPSA) is 122 Å². The molecule has 0 aromatic heterocycles. The Balaban J connectivity index is 1.84. The minimum absolute atomic E-state index is 0.0541. The highest BCUT2D eigenvalue weighted by molar-refractivity contribution is 7.89. The van der Waals surface area contributed by atoms with Gasteiger partial charge in [0.2, 0.25) is 10.0 Å². The quantitative estimate of drug-likeness (QED) is 0.511. The number of rotatable bonds is 6. The van der Waals surface area contributed by atoms with Gasteiger partial charge in [-0.2, -0.15) is 4.31 Å². The lowest BCUT2D eigenvalue weighted by Gasteiger charge is -2.35. The van der Waals surface area contributed by atoms with E-state index in [1.165, 1.54) is 16.4 Å². The first kappa shape index (κ1) is 20.0. The minimum atomic E-state index is -3.77. The summed E-state index contributed by atoms with van der Waals surface area (Å²) in [5.41, 5.74) is 5.84. The summed E-state index contributed by atoms with van der Waals surface area (Å²) in [7, 11) is -3.77. The van der Waals surface area contributed by atoms with E-state index in [1.54, 1.807) is 6.07 Å². The van der Waals surface area contributed by atoms with Crippen LogP contribution in [0.15, 0.2) is 23.1 Å². The number of hydrogen-bond donors (Lipinski definition) is 1. The third-order valence-corrected chi connectivity index (χ3v) is 6.80. The van der Waals surface area contributed by atoms with Crippen LogP contribution in [-0.2, 0) is 14.8 Å². The zero-order valence-electron chi connectivity index (χ0n) is 15.1. The molecular formula is C16H25N5O5S. The highest BCUT2D eigenvalue weighted by Crippen LogP contribution is 2.32. The summed E-state index contributed by atoms with van der Waals surface area (Å²) < 4.78 is 32.1. The summed E-state index contributed by atoms with van der Waals surface area (Å²) in [6.45, 7) is 5.33. The van der Waals surface area contributed by atoms with Crippen molar-refractivity contribution >= 4 is 21.4 Å². The number of nitrogens with two attached hydrogens (primary N) is 1. The van der Waals surface area contributed by atoms with E-state index in [0.29, 0.717) is 38.5 Å². The van der Waals surface area contributed by atoms with Gasteiger partial charge in [0, 0.05) is 58.4 Å². The predicted octanol–water partition coefficient (Wildman–Crippen LogP) is -0.304. The Morgan fingerprint density at radius 3 is 2.37 bits per heavy atom. The Hall–Kier alpha value is -1.79. The first-order chi connectivity index (χ1) is 12.9. The average molecular weight is 399 g/mol. The first-order valence-electron chi connectivity index (χ1n) is 8.97. The average Bonchev–Trinajstić information content (AvgIpc) is 2.69. The zero-order chi connectivity index (χ0) is 19.4. The Morgan fingerprint density at radius 1 is 1.11 bits per heavy atom. The fourth-order valence-corrected chi connectivity index (χ4v) is 4.84. The molecule has 0 aliphatic carbocycles. The van der Waals surface area contributed by atoms with Crippen LogP contribution in [0.3, 0.4) is 0 Å². The number of ether oxygens (including phenoxy) is 1. The molecule has 0 radical (unpaired) electrons. The van der Waals surface area contributed by atoms with Gasteiger partial charge in [-0.1, -0.05) is 0 Å². The van der Waals surface area contributed by atoms with E-state index in [-0.39, 0.29) is 23.7 Å². The van der Waals surface area contributed by atoms with Crippen LogP contribution < -0.4 is 10.6 Å². The monoisotopic (exact) mass is 399 g/mol. The Bertz CT molecular complexity index is 773. The zero-order valence-corrected chi connectivity index (χ0v) is 15.9. The molecule has 2 saturated heterocycles. The molecule has 0 saturated carbocycles. The van der Waals surface area contributed by atoms with Crippen molar-refractivity contribution in [1.29, 1.82) is 0 Å². The normalized spacial score (nSPS) is 20.0. The lowest BCUT2D eigenvalue weighted by atomic mass is 10.2. The number of sulfonamides is 1. The Kier molecular flexibility index (Phi) is 6.27. The lowest BCUT2D eigenvalue weighted by Crippen LogP contribution is -2.48. The molecule has 27 heavy (non-hydrogen) atoms. The maximum Gasteiger partial charge on any atom is 0.293 e. The highest BCUT2D eigenvalue weighted by Gasteiger charge is 2.30. The second-order valence-electron chi connectivity index (χ2n) is 6.54. The van der Waals surface area contributed by atoms with Crippen LogP contribution in [0.1, 0.15) is 0 Å². The van der Waals surface area contributed by atoms with Gasteiger partial charge < -0.3 is 15.4 Å². The van der Waals surface area contributed by atoms with E-state index < -0.39 is 14.9 Å². The fraction of sp³-hybridized carbons (Fsp3) is 0.625. The first-order valence-corrected chi connectivity index (χ1v) is 10.4. The van der Waals surface area contributed by atoms with E-state index >= 15 is 0 Å². The molecule has 1 aromatic rings. The van der Waals surface area contributed by atoms with Crippen molar-refractivity contribution in [3.8, 4) is 0 Å². The second kappa shape index (κ2) is 8.48. The van der Waals surface area contributed by atoms with Crippen molar-refractivity contribution in [2.75, 3.05) is 70.5 Å². The molecule has 150 valence electrons. The van der Waals surface area contributed by atoms with Crippen LogP contribution >= 0.6 is 0 Å². The molecule has 11 heteroatoms. The minimum Gasteiger partial charge on any atom is -0.379 e. The molecule has 0 atom stereocenters. The van der Waals surface area contributed by atoms with E-state index in [1.807, 2.05) is 4.90 Å². The molecule has 2 aliphatic heterocycles. The van der Waals surface area contributed by atoms with Crippen molar-refractivity contribution in [2.24, 2.45) is 5.73 Å².